The van der Waals surface area contributed by atoms with Crippen LogP contribution in [0.5, 0.6) is 0 Å². The molecule has 2 heteroatoms. The van der Waals surface area contributed by atoms with Gasteiger partial charge in [-0.25, -0.2) is 0 Å². The number of aromatic nitrogens is 1. The average Bonchev–Trinajstić information content (AvgIpc) is 3.98. The predicted molar refractivity (Wildman–Crippen MR) is 327 cm³/mol. The van der Waals surface area contributed by atoms with E-state index in [9.17, 15) is 0 Å². The van der Waals surface area contributed by atoms with E-state index in [1.54, 1.807) is 0 Å². The molecule has 77 heavy (non-hydrogen) atoms. The van der Waals surface area contributed by atoms with Gasteiger partial charge >= 0.3 is 0 Å². The summed E-state index contributed by atoms with van der Waals surface area (Å²) in [5.74, 6) is 0.439. The SMILES string of the molecule is CC1(C)c2ccccc2-c2ccc(N(c3ccc(-c4ccc(-c5ccccc5-n5c6ccc(C7=CCCC=C7)cc6c6cc(-c7ccccc7)ccc65)cc4)cc3)c3ccc(-c4ccc(C5C=CC=CC5)cc4)cc3)cc21. The lowest BCUT2D eigenvalue weighted by Gasteiger charge is -2.28. The quantitative estimate of drug-likeness (QED) is 0.133. The highest BCUT2D eigenvalue weighted by molar-refractivity contribution is 6.12. The van der Waals surface area contributed by atoms with Gasteiger partial charge < -0.3 is 9.47 Å². The van der Waals surface area contributed by atoms with E-state index in [2.05, 4.69) is 296 Å². The normalized spacial score (nSPS) is 15.1. The Bertz CT molecular complexity index is 4160. The number of para-hydroxylation sites is 1. The van der Waals surface area contributed by atoms with Gasteiger partial charge in [0.05, 0.1) is 16.7 Å². The Morgan fingerprint density at radius 1 is 0.416 bits per heavy atom. The van der Waals surface area contributed by atoms with Crippen LogP contribution in [0, 0.1) is 0 Å². The average molecular weight is 987 g/mol. The van der Waals surface area contributed by atoms with E-state index in [1.807, 2.05) is 0 Å². The summed E-state index contributed by atoms with van der Waals surface area (Å²) < 4.78 is 2.47. The molecule has 0 amide bonds. The van der Waals surface area contributed by atoms with Crippen LogP contribution in [0.3, 0.4) is 0 Å². The third kappa shape index (κ3) is 8.29. The summed E-state index contributed by atoms with van der Waals surface area (Å²) in [5, 5.41) is 2.52. The van der Waals surface area contributed by atoms with Crippen molar-refractivity contribution in [2.75, 3.05) is 4.90 Å². The fourth-order valence-corrected chi connectivity index (χ4v) is 12.5. The molecule has 0 fully saturated rings. The highest BCUT2D eigenvalue weighted by Crippen LogP contribution is 2.51. The summed E-state index contributed by atoms with van der Waals surface area (Å²) in [7, 11) is 0. The lowest BCUT2D eigenvalue weighted by molar-refractivity contribution is 0.660. The number of rotatable bonds is 10. The molecule has 368 valence electrons. The molecule has 0 radical (unpaired) electrons. The van der Waals surface area contributed by atoms with Gasteiger partial charge in [0.2, 0.25) is 0 Å². The zero-order valence-electron chi connectivity index (χ0n) is 43.6. The van der Waals surface area contributed by atoms with E-state index in [4.69, 9.17) is 0 Å². The molecule has 3 aliphatic rings. The third-order valence-electron chi connectivity index (χ3n) is 16.6. The first-order valence-electron chi connectivity index (χ1n) is 27.3. The summed E-state index contributed by atoms with van der Waals surface area (Å²) in [5.41, 5.74) is 25.7. The van der Waals surface area contributed by atoms with Crippen LogP contribution in [-0.2, 0) is 5.41 Å². The van der Waals surface area contributed by atoms with Crippen LogP contribution in [0.4, 0.5) is 17.1 Å². The molecule has 0 saturated carbocycles. The lowest BCUT2D eigenvalue weighted by atomic mass is 9.82. The number of anilines is 3. The van der Waals surface area contributed by atoms with Gasteiger partial charge in [0.1, 0.15) is 0 Å². The lowest BCUT2D eigenvalue weighted by Crippen LogP contribution is -2.16. The Hall–Kier alpha value is -9.24. The van der Waals surface area contributed by atoms with Crippen molar-refractivity contribution < 1.29 is 0 Å². The maximum absolute atomic E-state index is 2.47. The Labute approximate surface area is 452 Å². The van der Waals surface area contributed by atoms with E-state index in [0.717, 1.165) is 42.0 Å². The molecule has 1 unspecified atom stereocenters. The van der Waals surface area contributed by atoms with Gasteiger partial charge in [-0.1, -0.05) is 220 Å². The van der Waals surface area contributed by atoms with Crippen molar-refractivity contribution in [1.29, 1.82) is 0 Å². The van der Waals surface area contributed by atoms with Crippen molar-refractivity contribution >= 4 is 44.4 Å². The summed E-state index contributed by atoms with van der Waals surface area (Å²) in [6, 6.07) is 86.1. The molecule has 1 atom stereocenters. The Balaban J connectivity index is 0.800. The molecule has 0 saturated heterocycles. The summed E-state index contributed by atoms with van der Waals surface area (Å²) in [6.07, 6.45) is 19.0. The first-order chi connectivity index (χ1) is 37.9. The van der Waals surface area contributed by atoms with Gasteiger partial charge in [-0.2, -0.15) is 0 Å². The fraction of sp³-hybridized carbons (Fsp3) is 0.0933. The minimum absolute atomic E-state index is 0.117. The van der Waals surface area contributed by atoms with E-state index in [-0.39, 0.29) is 5.41 Å². The van der Waals surface area contributed by atoms with Gasteiger partial charge in [0, 0.05) is 44.7 Å². The van der Waals surface area contributed by atoms with Crippen molar-refractivity contribution in [1.82, 2.24) is 4.57 Å². The first-order valence-corrected chi connectivity index (χ1v) is 27.3. The molecule has 2 nitrogen and oxygen atoms in total. The largest absolute Gasteiger partial charge is 0.310 e. The van der Waals surface area contributed by atoms with Gasteiger partial charge in [0.25, 0.3) is 0 Å². The van der Waals surface area contributed by atoms with Crippen LogP contribution in [-0.4, -0.2) is 4.57 Å². The van der Waals surface area contributed by atoms with E-state index < -0.39 is 0 Å². The first kappa shape index (κ1) is 46.3. The monoisotopic (exact) mass is 986 g/mol. The number of benzene rings is 10. The minimum Gasteiger partial charge on any atom is -0.310 e. The summed E-state index contributed by atoms with van der Waals surface area (Å²) >= 11 is 0. The molecule has 0 bridgehead atoms. The van der Waals surface area contributed by atoms with Crippen molar-refractivity contribution in [2.45, 2.75) is 44.4 Å². The number of hydrogen-bond donors (Lipinski definition) is 0. The number of hydrogen-bond acceptors (Lipinski definition) is 1. The highest BCUT2D eigenvalue weighted by atomic mass is 15.1. The molecule has 11 aromatic rings. The highest BCUT2D eigenvalue weighted by Gasteiger charge is 2.36. The zero-order valence-corrected chi connectivity index (χ0v) is 43.6. The molecule has 1 aromatic heterocycles. The standard InChI is InChI=1S/C75H58N2/c1-75(2)70-24-14-12-23-66(70)67-45-44-64(50-71(67)75)76(62-40-34-57(35-41-62)55-28-26-54(27-29-55)51-16-6-3-7-17-51)63-42-36-58(37-43-63)56-30-32-59(33-31-56)65-22-13-15-25-72(65)77-73-46-38-60(52-18-8-4-9-19-52)48-68(73)69-49-61(39-47-74(69)77)53-20-10-5-11-21-53/h3-4,6-10,12-16,18-51H,5,11,17H2,1-2H3. The van der Waals surface area contributed by atoms with Crippen LogP contribution in [0.1, 0.15) is 61.3 Å². The fourth-order valence-electron chi connectivity index (χ4n) is 12.5. The van der Waals surface area contributed by atoms with Crippen LogP contribution in [0.15, 0.2) is 273 Å². The van der Waals surface area contributed by atoms with Crippen molar-refractivity contribution in [2.24, 2.45) is 0 Å². The number of allylic oxidation sites excluding steroid dienone is 8. The molecule has 3 aliphatic carbocycles. The summed E-state index contributed by atoms with van der Waals surface area (Å²) in [6.45, 7) is 4.72. The number of fused-ring (bicyclic) bond motifs is 6. The molecule has 0 aliphatic heterocycles. The molecule has 0 N–H and O–H groups in total. The van der Waals surface area contributed by atoms with Gasteiger partial charge in [-0.05, 0) is 164 Å². The van der Waals surface area contributed by atoms with Gasteiger partial charge in [0.15, 0.2) is 0 Å². The zero-order chi connectivity index (χ0) is 51.5. The predicted octanol–water partition coefficient (Wildman–Crippen LogP) is 20.6. The second-order valence-electron chi connectivity index (χ2n) is 21.5. The molecule has 10 aromatic carbocycles. The molecule has 14 rings (SSSR count). The van der Waals surface area contributed by atoms with E-state index in [1.165, 1.54) is 105 Å². The molecular weight excluding hydrogens is 929 g/mol. The van der Waals surface area contributed by atoms with Crippen molar-refractivity contribution in [3.05, 3.63) is 295 Å². The maximum atomic E-state index is 2.47. The Morgan fingerprint density at radius 3 is 1.62 bits per heavy atom. The molecule has 0 spiro atoms. The van der Waals surface area contributed by atoms with E-state index >= 15 is 0 Å². The van der Waals surface area contributed by atoms with Gasteiger partial charge in [-0.15, -0.1) is 0 Å². The van der Waals surface area contributed by atoms with Gasteiger partial charge in [-0.3, -0.25) is 0 Å². The summed E-state index contributed by atoms with van der Waals surface area (Å²) in [4.78, 5) is 2.42. The van der Waals surface area contributed by atoms with E-state index in [0.29, 0.717) is 5.92 Å². The van der Waals surface area contributed by atoms with Crippen LogP contribution in [0.2, 0.25) is 0 Å². The topological polar surface area (TPSA) is 8.17 Å². The second kappa shape index (κ2) is 19.2. The minimum atomic E-state index is -0.117. The third-order valence-corrected chi connectivity index (χ3v) is 16.6. The smallest absolute Gasteiger partial charge is 0.0541 e. The Morgan fingerprint density at radius 2 is 0.961 bits per heavy atom. The van der Waals surface area contributed by atoms with Crippen molar-refractivity contribution in [3.63, 3.8) is 0 Å². The van der Waals surface area contributed by atoms with Crippen molar-refractivity contribution in [3.8, 4) is 61.3 Å². The number of nitrogens with zero attached hydrogens (tertiary/aromatic N) is 2. The van der Waals surface area contributed by atoms with Crippen LogP contribution >= 0.6 is 0 Å². The maximum Gasteiger partial charge on any atom is 0.0541 e. The Kier molecular flexibility index (Phi) is 11.5. The molecule has 1 heterocycles. The second-order valence-corrected chi connectivity index (χ2v) is 21.5. The molecular formula is C75H58N2. The van der Waals surface area contributed by atoms with Crippen LogP contribution in [0.25, 0.3) is 88.7 Å². The van der Waals surface area contributed by atoms with Crippen LogP contribution < -0.4 is 4.90 Å².